The van der Waals surface area contributed by atoms with Gasteiger partial charge in [0.1, 0.15) is 0 Å². The minimum atomic E-state index is -0.629. The van der Waals surface area contributed by atoms with Crippen LogP contribution in [-0.4, -0.2) is 38.2 Å². The Kier molecular flexibility index (Phi) is 7.77. The summed E-state index contributed by atoms with van der Waals surface area (Å²) in [6, 6.07) is 3.30. The largest absolute Gasteiger partial charge is 0.493 e. The first-order valence-corrected chi connectivity index (χ1v) is 8.17. The summed E-state index contributed by atoms with van der Waals surface area (Å²) < 4.78 is 15.3. The molecule has 1 aromatic carbocycles. The molecule has 0 fully saturated rings. The SMILES string of the molecule is CCC(C)(C)NC(=O)COC(=O)/C=C/c1cc(Cl)c(OC)c(OC)c1. The predicted molar refractivity (Wildman–Crippen MR) is 97.1 cm³/mol. The summed E-state index contributed by atoms with van der Waals surface area (Å²) in [5.74, 6) is -0.110. The minimum Gasteiger partial charge on any atom is -0.493 e. The van der Waals surface area contributed by atoms with Crippen LogP contribution in [0.15, 0.2) is 18.2 Å². The predicted octanol–water partition coefficient (Wildman–Crippen LogP) is 3.22. The number of rotatable bonds is 8. The number of benzene rings is 1. The van der Waals surface area contributed by atoms with E-state index in [0.29, 0.717) is 22.1 Å². The van der Waals surface area contributed by atoms with Crippen LogP contribution < -0.4 is 14.8 Å². The van der Waals surface area contributed by atoms with Crippen molar-refractivity contribution in [2.45, 2.75) is 32.7 Å². The number of esters is 1. The lowest BCUT2D eigenvalue weighted by atomic mass is 10.0. The Bertz CT molecular complexity index is 655. The van der Waals surface area contributed by atoms with Gasteiger partial charge in [-0.3, -0.25) is 4.79 Å². The summed E-state index contributed by atoms with van der Waals surface area (Å²) in [5, 5.41) is 3.14. The van der Waals surface area contributed by atoms with Gasteiger partial charge in [-0.15, -0.1) is 0 Å². The van der Waals surface area contributed by atoms with Gasteiger partial charge in [-0.05, 0) is 44.0 Å². The van der Waals surface area contributed by atoms with Crippen molar-refractivity contribution in [3.63, 3.8) is 0 Å². The van der Waals surface area contributed by atoms with Crippen LogP contribution in [0.2, 0.25) is 5.02 Å². The maximum atomic E-state index is 11.7. The van der Waals surface area contributed by atoms with E-state index < -0.39 is 5.97 Å². The second-order valence-corrected chi connectivity index (χ2v) is 6.37. The molecule has 1 aromatic rings. The first kappa shape index (κ1) is 20.8. The van der Waals surface area contributed by atoms with Crippen molar-refractivity contribution < 1.29 is 23.8 Å². The molecule has 0 aliphatic heterocycles. The molecule has 0 aliphatic rings. The van der Waals surface area contributed by atoms with E-state index in [1.165, 1.54) is 26.4 Å². The monoisotopic (exact) mass is 369 g/mol. The number of carbonyl (C=O) groups is 2. The second kappa shape index (κ2) is 9.32. The zero-order valence-electron chi connectivity index (χ0n) is 15.1. The average Bonchev–Trinajstić information content (AvgIpc) is 2.57. The van der Waals surface area contributed by atoms with Crippen molar-refractivity contribution in [2.75, 3.05) is 20.8 Å². The third kappa shape index (κ3) is 6.66. The number of nitrogens with one attached hydrogen (secondary N) is 1. The fraction of sp³-hybridized carbons (Fsp3) is 0.444. The van der Waals surface area contributed by atoms with Gasteiger partial charge in [0.2, 0.25) is 0 Å². The van der Waals surface area contributed by atoms with Crippen molar-refractivity contribution in [3.05, 3.63) is 28.8 Å². The molecule has 6 nitrogen and oxygen atoms in total. The Morgan fingerprint density at radius 1 is 1.24 bits per heavy atom. The smallest absolute Gasteiger partial charge is 0.331 e. The normalized spacial score (nSPS) is 11.3. The average molecular weight is 370 g/mol. The van der Waals surface area contributed by atoms with Crippen LogP contribution in [0.4, 0.5) is 0 Å². The van der Waals surface area contributed by atoms with Crippen molar-refractivity contribution in [1.82, 2.24) is 5.32 Å². The first-order chi connectivity index (χ1) is 11.7. The lowest BCUT2D eigenvalue weighted by molar-refractivity contribution is -0.144. The van der Waals surface area contributed by atoms with E-state index in [0.717, 1.165) is 6.42 Å². The van der Waals surface area contributed by atoms with Gasteiger partial charge in [-0.2, -0.15) is 0 Å². The van der Waals surface area contributed by atoms with Crippen LogP contribution in [0.1, 0.15) is 32.8 Å². The molecule has 0 radical (unpaired) electrons. The maximum absolute atomic E-state index is 11.7. The number of methoxy groups -OCH3 is 2. The van der Waals surface area contributed by atoms with Crippen LogP contribution in [0, 0.1) is 0 Å². The summed E-state index contributed by atoms with van der Waals surface area (Å²) >= 11 is 6.10. The van der Waals surface area contributed by atoms with Crippen molar-refractivity contribution in [1.29, 1.82) is 0 Å². The molecule has 0 saturated heterocycles. The maximum Gasteiger partial charge on any atom is 0.331 e. The zero-order valence-corrected chi connectivity index (χ0v) is 15.9. The molecule has 0 bridgehead atoms. The highest BCUT2D eigenvalue weighted by atomic mass is 35.5. The van der Waals surface area contributed by atoms with Crippen LogP contribution in [-0.2, 0) is 14.3 Å². The zero-order chi connectivity index (χ0) is 19.0. The molecule has 138 valence electrons. The number of halogens is 1. The molecule has 1 N–H and O–H groups in total. The van der Waals surface area contributed by atoms with Crippen LogP contribution in [0.3, 0.4) is 0 Å². The molecule has 0 heterocycles. The van der Waals surface area contributed by atoms with E-state index in [-0.39, 0.29) is 18.1 Å². The minimum absolute atomic E-state index is 0.334. The molecule has 1 amide bonds. The van der Waals surface area contributed by atoms with Crippen LogP contribution >= 0.6 is 11.6 Å². The van der Waals surface area contributed by atoms with Crippen molar-refractivity contribution in [2.24, 2.45) is 0 Å². The summed E-state index contributed by atoms with van der Waals surface area (Å²) in [5.41, 5.74) is 0.298. The Labute approximate surface area is 153 Å². The molecule has 25 heavy (non-hydrogen) atoms. The molecule has 7 heteroatoms. The van der Waals surface area contributed by atoms with Crippen LogP contribution in [0.25, 0.3) is 6.08 Å². The Hall–Kier alpha value is -2.21. The van der Waals surface area contributed by atoms with E-state index in [2.05, 4.69) is 5.32 Å². The Morgan fingerprint density at radius 2 is 1.92 bits per heavy atom. The summed E-state index contributed by atoms with van der Waals surface area (Å²) in [6.07, 6.45) is 3.51. The van der Waals surface area contributed by atoms with Gasteiger partial charge in [0.05, 0.1) is 19.2 Å². The third-order valence-electron chi connectivity index (χ3n) is 3.57. The standard InChI is InChI=1S/C18H24ClNO5/c1-6-18(2,3)20-15(21)11-25-16(22)8-7-12-9-13(19)17(24-5)14(10-12)23-4/h7-10H,6,11H2,1-5H3,(H,20,21)/b8-7+. The number of hydrogen-bond donors (Lipinski definition) is 1. The van der Waals surface area contributed by atoms with Crippen molar-refractivity contribution >= 4 is 29.6 Å². The molecule has 0 unspecified atom stereocenters. The highest BCUT2D eigenvalue weighted by Gasteiger charge is 2.18. The molecule has 1 rings (SSSR count). The fourth-order valence-corrected chi connectivity index (χ4v) is 2.18. The van der Waals surface area contributed by atoms with Gasteiger partial charge in [0, 0.05) is 11.6 Å². The van der Waals surface area contributed by atoms with Gasteiger partial charge in [0.25, 0.3) is 5.91 Å². The Morgan fingerprint density at radius 3 is 2.48 bits per heavy atom. The summed E-state index contributed by atoms with van der Waals surface area (Å²) in [7, 11) is 2.98. The fourth-order valence-electron chi connectivity index (χ4n) is 1.89. The number of ether oxygens (including phenoxy) is 3. The molecule has 0 aliphatic carbocycles. The lowest BCUT2D eigenvalue weighted by Crippen LogP contribution is -2.44. The van der Waals surface area contributed by atoms with Gasteiger partial charge in [0.15, 0.2) is 18.1 Å². The first-order valence-electron chi connectivity index (χ1n) is 7.79. The summed E-state index contributed by atoms with van der Waals surface area (Å²) in [6.45, 7) is 5.42. The van der Waals surface area contributed by atoms with E-state index >= 15 is 0 Å². The van der Waals surface area contributed by atoms with E-state index in [4.69, 9.17) is 25.8 Å². The second-order valence-electron chi connectivity index (χ2n) is 5.96. The van der Waals surface area contributed by atoms with E-state index in [1.54, 1.807) is 12.1 Å². The van der Waals surface area contributed by atoms with Gasteiger partial charge < -0.3 is 19.5 Å². The molecular weight excluding hydrogens is 346 g/mol. The highest BCUT2D eigenvalue weighted by Crippen LogP contribution is 2.36. The van der Waals surface area contributed by atoms with Crippen LogP contribution in [0.5, 0.6) is 11.5 Å². The molecule has 0 atom stereocenters. The van der Waals surface area contributed by atoms with E-state index in [9.17, 15) is 9.59 Å². The quantitative estimate of drug-likeness (QED) is 0.562. The van der Waals surface area contributed by atoms with Gasteiger partial charge in [-0.25, -0.2) is 4.79 Å². The Balaban J connectivity index is 2.66. The molecule has 0 spiro atoms. The number of amides is 1. The molecule has 0 aromatic heterocycles. The molecule has 0 saturated carbocycles. The highest BCUT2D eigenvalue weighted by molar-refractivity contribution is 6.32. The number of hydrogen-bond acceptors (Lipinski definition) is 5. The van der Waals surface area contributed by atoms with E-state index in [1.807, 2.05) is 20.8 Å². The third-order valence-corrected chi connectivity index (χ3v) is 3.86. The summed E-state index contributed by atoms with van der Waals surface area (Å²) in [4.78, 5) is 23.5. The topological polar surface area (TPSA) is 73.9 Å². The van der Waals surface area contributed by atoms with Gasteiger partial charge >= 0.3 is 5.97 Å². The van der Waals surface area contributed by atoms with Crippen molar-refractivity contribution in [3.8, 4) is 11.5 Å². The lowest BCUT2D eigenvalue weighted by Gasteiger charge is -2.24. The number of carbonyl (C=O) groups excluding carboxylic acids is 2. The molecular formula is C18H24ClNO5. The van der Waals surface area contributed by atoms with Gasteiger partial charge in [-0.1, -0.05) is 18.5 Å².